The predicted molar refractivity (Wildman–Crippen MR) is 40.4 cm³/mol. The van der Waals surface area contributed by atoms with Gasteiger partial charge in [0.1, 0.15) is 0 Å². The molecule has 0 rings (SSSR count). The Kier molecular flexibility index (Phi) is 9.10. The first kappa shape index (κ1) is 13.1. The summed E-state index contributed by atoms with van der Waals surface area (Å²) in [6, 6.07) is 0. The van der Waals surface area contributed by atoms with Crippen LogP contribution in [0.15, 0.2) is 12.2 Å². The van der Waals surface area contributed by atoms with E-state index >= 15 is 0 Å². The molecule has 0 saturated carbocycles. The number of methoxy groups -OCH3 is 1. The Hall–Kier alpha value is -0.480. The number of ether oxygens (including phenoxy) is 1. The number of carbonyl (C=O) groups is 1. The average Bonchev–Trinajstić information content (AvgIpc) is 1.85. The molecule has 5 nitrogen and oxygen atoms in total. The van der Waals surface area contributed by atoms with Gasteiger partial charge in [0.05, 0.1) is 7.11 Å². The summed E-state index contributed by atoms with van der Waals surface area (Å²) in [4.78, 5) is 31.9. The maximum atomic E-state index is 10.2. The van der Waals surface area contributed by atoms with E-state index in [1.54, 1.807) is 6.92 Å². The third-order valence-electron chi connectivity index (χ3n) is 0.534. The van der Waals surface area contributed by atoms with Crippen LogP contribution in [0.5, 0.6) is 0 Å². The Morgan fingerprint density at radius 2 is 1.73 bits per heavy atom. The summed E-state index contributed by atoms with van der Waals surface area (Å²) < 4.78 is 4.27. The molecular weight excluding hydrogens is 171 g/mol. The quantitative estimate of drug-likeness (QED) is 0.300. The highest BCUT2D eigenvalue weighted by molar-refractivity contribution is 7.38. The molecule has 3 N–H and O–H groups in total. The molecule has 6 heteroatoms. The summed E-state index contributed by atoms with van der Waals surface area (Å²) in [5, 5.41) is 0. The van der Waals surface area contributed by atoms with Crippen molar-refractivity contribution in [3.63, 3.8) is 0 Å². The zero-order valence-corrected chi connectivity index (χ0v) is 7.21. The van der Waals surface area contributed by atoms with Gasteiger partial charge in [-0.25, -0.2) is 4.79 Å². The molecule has 11 heavy (non-hydrogen) atoms. The highest BCUT2D eigenvalue weighted by Crippen LogP contribution is 2.11. The summed E-state index contributed by atoms with van der Waals surface area (Å²) in [5.74, 6) is -0.347. The molecule has 0 atom stereocenters. The van der Waals surface area contributed by atoms with Crippen molar-refractivity contribution in [3.8, 4) is 0 Å². The van der Waals surface area contributed by atoms with Crippen LogP contribution in [0.25, 0.3) is 0 Å². The normalized spacial score (nSPS) is 8.18. The fourth-order valence-electron chi connectivity index (χ4n) is 0.174. The van der Waals surface area contributed by atoms with Gasteiger partial charge in [0.15, 0.2) is 0 Å². The van der Waals surface area contributed by atoms with Gasteiger partial charge in [-0.05, 0) is 6.92 Å². The zero-order valence-electron chi connectivity index (χ0n) is 6.31. The minimum atomic E-state index is -2.62. The van der Waals surface area contributed by atoms with Gasteiger partial charge in [0, 0.05) is 5.57 Å². The number of hydrogen-bond donors (Lipinski definition) is 3. The predicted octanol–water partition coefficient (Wildman–Crippen LogP) is -0.0743. The van der Waals surface area contributed by atoms with Gasteiger partial charge in [-0.3, -0.25) is 0 Å². The second-order valence-corrected chi connectivity index (χ2v) is 2.08. The molecule has 0 aromatic rings. The van der Waals surface area contributed by atoms with Crippen molar-refractivity contribution in [2.75, 3.05) is 7.11 Å². The van der Waals surface area contributed by atoms with Gasteiger partial charge in [-0.1, -0.05) is 6.58 Å². The Labute approximate surface area is 65.9 Å². The molecule has 0 aliphatic rings. The van der Waals surface area contributed by atoms with Crippen LogP contribution in [0, 0.1) is 0 Å². The Morgan fingerprint density at radius 1 is 1.45 bits per heavy atom. The van der Waals surface area contributed by atoms with E-state index in [0.29, 0.717) is 5.57 Å². The third kappa shape index (κ3) is 17.7. The maximum Gasteiger partial charge on any atom is 0.332 e. The summed E-state index contributed by atoms with van der Waals surface area (Å²) in [7, 11) is -1.29. The van der Waals surface area contributed by atoms with Crippen molar-refractivity contribution in [1.82, 2.24) is 0 Å². The van der Waals surface area contributed by atoms with E-state index in [9.17, 15) is 4.79 Å². The van der Waals surface area contributed by atoms with Crippen molar-refractivity contribution >= 4 is 14.6 Å². The van der Waals surface area contributed by atoms with Gasteiger partial charge in [0.2, 0.25) is 0 Å². The molecule has 0 amide bonds. The molecule has 66 valence electrons. The lowest BCUT2D eigenvalue weighted by Crippen LogP contribution is -1.98. The number of rotatable bonds is 1. The zero-order chi connectivity index (χ0) is 9.44. The average molecular weight is 182 g/mol. The molecule has 0 aliphatic carbocycles. The van der Waals surface area contributed by atoms with Gasteiger partial charge in [-0.15, -0.1) is 0 Å². The molecular formula is C5H11O5P. The van der Waals surface area contributed by atoms with E-state index < -0.39 is 8.60 Å². The first-order valence-electron chi connectivity index (χ1n) is 2.52. The molecule has 0 spiro atoms. The summed E-state index contributed by atoms with van der Waals surface area (Å²) in [6.45, 7) is 4.95. The van der Waals surface area contributed by atoms with Gasteiger partial charge in [0.25, 0.3) is 0 Å². The van der Waals surface area contributed by atoms with E-state index in [0.717, 1.165) is 0 Å². The minimum absolute atomic E-state index is 0.347. The van der Waals surface area contributed by atoms with Crippen LogP contribution in [0.3, 0.4) is 0 Å². The monoisotopic (exact) mass is 182 g/mol. The number of esters is 1. The molecule has 0 heterocycles. The minimum Gasteiger partial charge on any atom is -0.466 e. The van der Waals surface area contributed by atoms with Crippen molar-refractivity contribution in [1.29, 1.82) is 0 Å². The van der Waals surface area contributed by atoms with Crippen LogP contribution in [0.2, 0.25) is 0 Å². The first-order chi connectivity index (χ1) is 4.91. The lowest BCUT2D eigenvalue weighted by atomic mass is 10.4. The van der Waals surface area contributed by atoms with Crippen LogP contribution < -0.4 is 0 Å². The van der Waals surface area contributed by atoms with Crippen LogP contribution in [-0.4, -0.2) is 27.8 Å². The van der Waals surface area contributed by atoms with E-state index in [1.807, 2.05) is 0 Å². The van der Waals surface area contributed by atoms with Crippen molar-refractivity contribution in [3.05, 3.63) is 12.2 Å². The first-order valence-corrected chi connectivity index (χ1v) is 3.72. The van der Waals surface area contributed by atoms with Crippen molar-refractivity contribution in [2.24, 2.45) is 0 Å². The van der Waals surface area contributed by atoms with Crippen LogP contribution in [-0.2, 0) is 9.53 Å². The third-order valence-corrected chi connectivity index (χ3v) is 0.534. The molecule has 0 aromatic carbocycles. The van der Waals surface area contributed by atoms with Gasteiger partial charge in [-0.2, -0.15) is 0 Å². The van der Waals surface area contributed by atoms with Gasteiger partial charge >= 0.3 is 14.6 Å². The van der Waals surface area contributed by atoms with E-state index in [4.69, 9.17) is 14.7 Å². The molecule has 0 radical (unpaired) electrons. The molecule has 0 aliphatic heterocycles. The molecule has 0 bridgehead atoms. The Bertz CT molecular complexity index is 130. The van der Waals surface area contributed by atoms with Crippen molar-refractivity contribution < 1.29 is 24.2 Å². The fourth-order valence-corrected chi connectivity index (χ4v) is 0.174. The van der Waals surface area contributed by atoms with Crippen LogP contribution in [0.1, 0.15) is 6.92 Å². The molecule has 0 aromatic heterocycles. The highest BCUT2D eigenvalue weighted by Gasteiger charge is 1.95. The summed E-state index contributed by atoms with van der Waals surface area (Å²) >= 11 is 0. The van der Waals surface area contributed by atoms with Crippen LogP contribution >= 0.6 is 8.60 Å². The van der Waals surface area contributed by atoms with Crippen LogP contribution in [0.4, 0.5) is 0 Å². The molecule has 0 saturated heterocycles. The summed E-state index contributed by atoms with van der Waals surface area (Å²) in [6.07, 6.45) is 0. The van der Waals surface area contributed by atoms with Gasteiger partial charge < -0.3 is 19.4 Å². The fraction of sp³-hybridized carbons (Fsp3) is 0.400. The Morgan fingerprint density at radius 3 is 1.73 bits per heavy atom. The smallest absolute Gasteiger partial charge is 0.332 e. The van der Waals surface area contributed by atoms with E-state index in [1.165, 1.54) is 7.11 Å². The number of carbonyl (C=O) groups excluding carboxylic acids is 1. The Balaban J connectivity index is 0. The lowest BCUT2D eigenvalue weighted by molar-refractivity contribution is -0.136. The SMILES string of the molecule is C=C(C)C(=O)OC.OP(O)O. The van der Waals surface area contributed by atoms with E-state index in [2.05, 4.69) is 11.3 Å². The standard InChI is InChI=1S/C5H8O2.H3O3P/c1-4(2)5(6)7-3;1-4(2)3/h1H2,2-3H3;1-3H. The maximum absolute atomic E-state index is 10.2. The second kappa shape index (κ2) is 7.63. The van der Waals surface area contributed by atoms with Crippen molar-refractivity contribution in [2.45, 2.75) is 6.92 Å². The highest BCUT2D eigenvalue weighted by atomic mass is 31.2. The summed E-state index contributed by atoms with van der Waals surface area (Å²) in [5.41, 5.74) is 0.433. The van der Waals surface area contributed by atoms with E-state index in [-0.39, 0.29) is 5.97 Å². The largest absolute Gasteiger partial charge is 0.466 e. The number of hydrogen-bond acceptors (Lipinski definition) is 5. The topological polar surface area (TPSA) is 87.0 Å². The molecule has 0 unspecified atom stereocenters. The lowest BCUT2D eigenvalue weighted by Gasteiger charge is -1.91. The second-order valence-electron chi connectivity index (χ2n) is 1.54. The molecule has 0 fully saturated rings.